The smallest absolute Gasteiger partial charge is 0.227 e. The van der Waals surface area contributed by atoms with Crippen molar-refractivity contribution in [2.45, 2.75) is 32.6 Å². The maximum Gasteiger partial charge on any atom is 0.227 e. The minimum atomic E-state index is 0.735. The van der Waals surface area contributed by atoms with Crippen molar-refractivity contribution in [3.05, 3.63) is 16.8 Å². The summed E-state index contributed by atoms with van der Waals surface area (Å²) in [7, 11) is 0. The Kier molecular flexibility index (Phi) is 4.71. The first-order valence-electron chi connectivity index (χ1n) is 10.1. The van der Waals surface area contributed by atoms with Gasteiger partial charge >= 0.3 is 0 Å². The van der Waals surface area contributed by atoms with Crippen LogP contribution < -0.4 is 10.2 Å². The van der Waals surface area contributed by atoms with Gasteiger partial charge in [-0.15, -0.1) is 11.3 Å². The Morgan fingerprint density at radius 3 is 3.15 bits per heavy atom. The van der Waals surface area contributed by atoms with Gasteiger partial charge in [0.05, 0.1) is 25.1 Å². The van der Waals surface area contributed by atoms with Gasteiger partial charge in [0, 0.05) is 17.8 Å². The van der Waals surface area contributed by atoms with Gasteiger partial charge in [-0.25, -0.2) is 9.97 Å². The molecule has 0 aromatic carbocycles. The molecule has 1 saturated heterocycles. The second kappa shape index (κ2) is 7.33. The third kappa shape index (κ3) is 3.30. The second-order valence-corrected chi connectivity index (χ2v) is 8.94. The van der Waals surface area contributed by atoms with Gasteiger partial charge in [0.2, 0.25) is 5.95 Å². The van der Waals surface area contributed by atoms with Crippen molar-refractivity contribution in [3.63, 3.8) is 0 Å². The Hall–Kier alpha value is -1.77. The molecule has 2 aliphatic rings. The Morgan fingerprint density at radius 2 is 2.26 bits per heavy atom. The zero-order chi connectivity index (χ0) is 18.2. The quantitative estimate of drug-likeness (QED) is 0.644. The van der Waals surface area contributed by atoms with E-state index in [9.17, 15) is 0 Å². The zero-order valence-electron chi connectivity index (χ0n) is 15.8. The zero-order valence-corrected chi connectivity index (χ0v) is 16.6. The number of hydrogen-bond donors (Lipinski definition) is 2. The van der Waals surface area contributed by atoms with Crippen LogP contribution in [0.2, 0.25) is 0 Å². The molecule has 3 aromatic rings. The lowest BCUT2D eigenvalue weighted by molar-refractivity contribution is -0.908. The van der Waals surface area contributed by atoms with Gasteiger partial charge in [0.1, 0.15) is 24.2 Å². The van der Waals surface area contributed by atoms with Crippen LogP contribution in [0.3, 0.4) is 0 Å². The fourth-order valence-electron chi connectivity index (χ4n) is 4.33. The molecule has 1 atom stereocenters. The first kappa shape index (κ1) is 17.3. The molecule has 0 saturated carbocycles. The highest BCUT2D eigenvalue weighted by Gasteiger charge is 2.24. The number of morpholine rings is 1. The van der Waals surface area contributed by atoms with Crippen LogP contribution in [-0.2, 0) is 17.6 Å². The molecule has 8 heteroatoms. The minimum Gasteiger partial charge on any atom is -0.370 e. The van der Waals surface area contributed by atoms with E-state index < -0.39 is 0 Å². The average molecular weight is 388 g/mol. The lowest BCUT2D eigenvalue weighted by atomic mass is 9.89. The summed E-state index contributed by atoms with van der Waals surface area (Å²) in [5, 5.41) is 9.18. The Bertz CT molecular complexity index is 945. The molecule has 2 N–H and O–H groups in total. The normalized spacial score (nSPS) is 21.0. The van der Waals surface area contributed by atoms with Crippen LogP contribution in [0.15, 0.2) is 6.33 Å². The molecule has 0 amide bonds. The molecule has 4 heterocycles. The molecule has 1 fully saturated rings. The number of ether oxygens (including phenoxy) is 1. The summed E-state index contributed by atoms with van der Waals surface area (Å²) < 4.78 is 7.32. The molecule has 0 radical (unpaired) electrons. The minimum absolute atomic E-state index is 0.735. The highest BCUT2D eigenvalue weighted by Crippen LogP contribution is 2.39. The number of hydrogen-bond acceptors (Lipinski definition) is 6. The third-order valence-corrected chi connectivity index (χ3v) is 7.04. The van der Waals surface area contributed by atoms with Crippen LogP contribution >= 0.6 is 11.3 Å². The summed E-state index contributed by atoms with van der Waals surface area (Å²) in [6.07, 6.45) is 6.34. The van der Waals surface area contributed by atoms with Gasteiger partial charge in [-0.05, 0) is 30.7 Å². The Labute approximate surface area is 162 Å². The number of nitrogens with zero attached hydrogens (tertiary/aromatic N) is 4. The van der Waals surface area contributed by atoms with Gasteiger partial charge in [0.15, 0.2) is 5.65 Å². The number of aryl methyl sites for hydroxylation is 1. The molecule has 1 aliphatic carbocycles. The first-order valence-corrected chi connectivity index (χ1v) is 10.9. The van der Waals surface area contributed by atoms with E-state index in [2.05, 4.69) is 22.3 Å². The number of thiophene rings is 1. The molecule has 0 unspecified atom stereocenters. The number of rotatable bonds is 5. The number of quaternary nitrogens is 1. The largest absolute Gasteiger partial charge is 0.370 e. The lowest BCUT2D eigenvalue weighted by Crippen LogP contribution is -3.14. The van der Waals surface area contributed by atoms with Crippen molar-refractivity contribution in [2.24, 2.45) is 5.92 Å². The summed E-state index contributed by atoms with van der Waals surface area (Å²) in [6.45, 7) is 8.44. The number of nitrogens with one attached hydrogen (secondary N) is 2. The highest BCUT2D eigenvalue weighted by atomic mass is 32.1. The molecule has 27 heavy (non-hydrogen) atoms. The summed E-state index contributed by atoms with van der Waals surface area (Å²) in [4.78, 5) is 13.7. The predicted octanol–water partition coefficient (Wildman–Crippen LogP) is 1.18. The second-order valence-electron chi connectivity index (χ2n) is 7.86. The van der Waals surface area contributed by atoms with Crippen LogP contribution in [0.1, 0.15) is 30.2 Å². The predicted molar refractivity (Wildman–Crippen MR) is 107 cm³/mol. The van der Waals surface area contributed by atoms with Crippen molar-refractivity contribution >= 4 is 33.1 Å². The Balaban J connectivity index is 1.37. The molecular formula is C19H27N6OS+. The molecule has 0 spiro atoms. The van der Waals surface area contributed by atoms with Gasteiger partial charge in [-0.1, -0.05) is 6.92 Å². The molecule has 3 aromatic heterocycles. The van der Waals surface area contributed by atoms with E-state index in [0.717, 1.165) is 68.0 Å². The molecule has 7 nitrogen and oxygen atoms in total. The van der Waals surface area contributed by atoms with E-state index >= 15 is 0 Å². The van der Waals surface area contributed by atoms with Crippen molar-refractivity contribution in [1.82, 2.24) is 19.6 Å². The number of anilines is 1. The molecule has 1 aliphatic heterocycles. The SMILES string of the molecule is C[C@H]1CCc2sc3nc(NCCC[NH+]4CCOCC4)n4ncnc4c3c2C1. The Morgan fingerprint density at radius 1 is 1.37 bits per heavy atom. The van der Waals surface area contributed by atoms with Gasteiger partial charge in [0.25, 0.3) is 0 Å². The van der Waals surface area contributed by atoms with Crippen molar-refractivity contribution < 1.29 is 9.64 Å². The number of aromatic nitrogens is 4. The van der Waals surface area contributed by atoms with Crippen molar-refractivity contribution in [1.29, 1.82) is 0 Å². The van der Waals surface area contributed by atoms with E-state index in [-0.39, 0.29) is 0 Å². The maximum absolute atomic E-state index is 5.43. The van der Waals surface area contributed by atoms with Gasteiger partial charge in [-0.3, -0.25) is 0 Å². The first-order chi connectivity index (χ1) is 13.3. The van der Waals surface area contributed by atoms with E-state index in [4.69, 9.17) is 9.72 Å². The van der Waals surface area contributed by atoms with E-state index in [1.165, 1.54) is 35.2 Å². The molecule has 0 bridgehead atoms. The molecule has 5 rings (SSSR count). The fourth-order valence-corrected chi connectivity index (χ4v) is 5.54. The number of fused-ring (bicyclic) bond motifs is 5. The van der Waals surface area contributed by atoms with Crippen molar-refractivity contribution in [2.75, 3.05) is 44.7 Å². The van der Waals surface area contributed by atoms with E-state index in [1.54, 1.807) is 11.2 Å². The average Bonchev–Trinajstić information content (AvgIpc) is 3.30. The van der Waals surface area contributed by atoms with E-state index in [1.807, 2.05) is 15.9 Å². The monoisotopic (exact) mass is 387 g/mol. The summed E-state index contributed by atoms with van der Waals surface area (Å²) in [5.74, 6) is 1.55. The molecular weight excluding hydrogens is 360 g/mol. The standard InChI is InChI=1S/C19H26N6OS/c1-13-3-4-15-14(11-13)16-17-21-12-22-25(17)19(23-18(16)27-15)20-5-2-6-24-7-9-26-10-8-24/h12-13H,2-11H2,1H3,(H,20,23)/p+1/t13-/m0/s1. The third-order valence-electron chi connectivity index (χ3n) is 5.86. The van der Waals surface area contributed by atoms with E-state index in [0.29, 0.717) is 0 Å². The highest BCUT2D eigenvalue weighted by molar-refractivity contribution is 7.19. The van der Waals surface area contributed by atoms with Gasteiger partial charge in [-0.2, -0.15) is 9.61 Å². The molecule has 144 valence electrons. The van der Waals surface area contributed by atoms with Crippen LogP contribution in [0.5, 0.6) is 0 Å². The van der Waals surface area contributed by atoms with Crippen LogP contribution in [-0.4, -0.2) is 59.0 Å². The topological polar surface area (TPSA) is 68.8 Å². The maximum atomic E-state index is 5.43. The van der Waals surface area contributed by atoms with Crippen LogP contribution in [0.4, 0.5) is 5.95 Å². The van der Waals surface area contributed by atoms with Gasteiger partial charge < -0.3 is 15.0 Å². The van der Waals surface area contributed by atoms with Crippen molar-refractivity contribution in [3.8, 4) is 0 Å². The van der Waals surface area contributed by atoms with Crippen LogP contribution in [0.25, 0.3) is 15.9 Å². The fraction of sp³-hybridized carbons (Fsp3) is 0.632. The summed E-state index contributed by atoms with van der Waals surface area (Å²) in [5.41, 5.74) is 2.41. The summed E-state index contributed by atoms with van der Waals surface area (Å²) in [6, 6.07) is 0. The lowest BCUT2D eigenvalue weighted by Gasteiger charge is -2.23. The van der Waals surface area contributed by atoms with Crippen LogP contribution in [0, 0.1) is 5.92 Å². The summed E-state index contributed by atoms with van der Waals surface area (Å²) >= 11 is 1.85.